The van der Waals surface area contributed by atoms with Crippen molar-refractivity contribution in [1.29, 1.82) is 0 Å². The minimum atomic E-state index is -0.860. The lowest BCUT2D eigenvalue weighted by atomic mass is 9.58. The summed E-state index contributed by atoms with van der Waals surface area (Å²) < 4.78 is 0. The first-order valence-electron chi connectivity index (χ1n) is 4.42. The van der Waals surface area contributed by atoms with E-state index >= 15 is 0 Å². The predicted molar refractivity (Wildman–Crippen MR) is 49.8 cm³/mol. The van der Waals surface area contributed by atoms with E-state index in [1.165, 1.54) is 4.90 Å². The molecular formula is C8H11ClN2O3. The van der Waals surface area contributed by atoms with Crippen LogP contribution in [0.15, 0.2) is 5.16 Å². The maximum Gasteiger partial charge on any atom is 0.407 e. The predicted octanol–water partition coefficient (Wildman–Crippen LogP) is 1.40. The van der Waals surface area contributed by atoms with Crippen LogP contribution in [0, 0.1) is 11.3 Å². The average Bonchev–Trinajstić information content (AvgIpc) is 1.98. The molecule has 0 aromatic carbocycles. The van der Waals surface area contributed by atoms with Crippen molar-refractivity contribution < 1.29 is 15.1 Å². The van der Waals surface area contributed by atoms with Crippen molar-refractivity contribution in [2.75, 3.05) is 13.1 Å². The molecule has 0 radical (unpaired) electrons. The van der Waals surface area contributed by atoms with E-state index in [9.17, 15) is 4.79 Å². The smallest absolute Gasteiger partial charge is 0.407 e. The fraction of sp³-hybridized carbons (Fsp3) is 0.750. The SMILES string of the molecule is O=C(O)N1CC2(CC(C(Cl)=NO)C2)C1. The Balaban J connectivity index is 1.82. The van der Waals surface area contributed by atoms with E-state index in [4.69, 9.17) is 21.9 Å². The zero-order valence-electron chi connectivity index (χ0n) is 7.48. The van der Waals surface area contributed by atoms with Crippen LogP contribution in [0.5, 0.6) is 0 Å². The van der Waals surface area contributed by atoms with Gasteiger partial charge in [-0.1, -0.05) is 16.8 Å². The van der Waals surface area contributed by atoms with Crippen LogP contribution >= 0.6 is 11.6 Å². The number of halogens is 1. The van der Waals surface area contributed by atoms with Crippen LogP contribution in [-0.4, -0.2) is 39.6 Å². The zero-order chi connectivity index (χ0) is 10.3. The molecule has 0 aromatic rings. The van der Waals surface area contributed by atoms with E-state index in [1.54, 1.807) is 0 Å². The molecule has 0 unspecified atom stereocenters. The number of carbonyl (C=O) groups is 1. The number of hydrogen-bond donors (Lipinski definition) is 2. The first-order chi connectivity index (χ1) is 6.56. The van der Waals surface area contributed by atoms with Crippen LogP contribution in [0.2, 0.25) is 0 Å². The summed E-state index contributed by atoms with van der Waals surface area (Å²) in [6, 6.07) is 0. The van der Waals surface area contributed by atoms with Gasteiger partial charge in [0.05, 0.1) is 0 Å². The molecule has 2 aliphatic rings. The van der Waals surface area contributed by atoms with Gasteiger partial charge in [0.25, 0.3) is 0 Å². The normalized spacial score (nSPS) is 25.8. The van der Waals surface area contributed by atoms with Crippen LogP contribution in [0.1, 0.15) is 12.8 Å². The van der Waals surface area contributed by atoms with E-state index in [2.05, 4.69) is 5.16 Å². The third kappa shape index (κ3) is 1.32. The third-order valence-corrected chi connectivity index (χ3v) is 3.50. The summed E-state index contributed by atoms with van der Waals surface area (Å²) >= 11 is 5.64. The zero-order valence-corrected chi connectivity index (χ0v) is 8.24. The van der Waals surface area contributed by atoms with Crippen molar-refractivity contribution in [3.05, 3.63) is 0 Å². The monoisotopic (exact) mass is 218 g/mol. The number of oxime groups is 1. The van der Waals surface area contributed by atoms with Gasteiger partial charge in [-0.2, -0.15) is 0 Å². The van der Waals surface area contributed by atoms with Crippen molar-refractivity contribution in [1.82, 2.24) is 4.90 Å². The van der Waals surface area contributed by atoms with Gasteiger partial charge in [0.15, 0.2) is 0 Å². The van der Waals surface area contributed by atoms with Crippen molar-refractivity contribution in [2.45, 2.75) is 12.8 Å². The van der Waals surface area contributed by atoms with Crippen molar-refractivity contribution in [3.63, 3.8) is 0 Å². The van der Waals surface area contributed by atoms with Gasteiger partial charge in [-0.15, -0.1) is 0 Å². The lowest BCUT2D eigenvalue weighted by Crippen LogP contribution is -2.64. The highest BCUT2D eigenvalue weighted by atomic mass is 35.5. The number of carboxylic acid groups (broad SMARTS) is 1. The Bertz CT molecular complexity index is 291. The second-order valence-electron chi connectivity index (χ2n) is 4.17. The standard InChI is InChI=1S/C8H11ClN2O3/c9-6(10-14)5-1-8(2-5)3-11(4-8)7(12)13/h5,14H,1-4H2,(H,12,13). The highest BCUT2D eigenvalue weighted by Crippen LogP contribution is 2.52. The largest absolute Gasteiger partial charge is 0.465 e. The number of nitrogens with zero attached hydrogens (tertiary/aromatic N) is 2. The molecule has 2 N–H and O–H groups in total. The summed E-state index contributed by atoms with van der Waals surface area (Å²) in [6.45, 7) is 1.18. The van der Waals surface area contributed by atoms with Gasteiger partial charge in [-0.05, 0) is 12.8 Å². The first kappa shape index (κ1) is 9.58. The molecule has 2 fully saturated rings. The molecule has 1 aliphatic carbocycles. The Kier molecular flexibility index (Phi) is 2.06. The molecule has 2 rings (SSSR count). The molecule has 1 spiro atoms. The number of rotatable bonds is 1. The fourth-order valence-electron chi connectivity index (χ4n) is 2.39. The van der Waals surface area contributed by atoms with Crippen molar-refractivity contribution >= 4 is 22.9 Å². The summed E-state index contributed by atoms with van der Waals surface area (Å²) in [7, 11) is 0. The minimum Gasteiger partial charge on any atom is -0.465 e. The average molecular weight is 219 g/mol. The highest BCUT2D eigenvalue weighted by Gasteiger charge is 2.54. The van der Waals surface area contributed by atoms with Gasteiger partial charge in [0.2, 0.25) is 0 Å². The van der Waals surface area contributed by atoms with E-state index in [1.807, 2.05) is 0 Å². The molecule has 0 aromatic heterocycles. The second-order valence-corrected chi connectivity index (χ2v) is 4.55. The van der Waals surface area contributed by atoms with Crippen LogP contribution in [0.25, 0.3) is 0 Å². The lowest BCUT2D eigenvalue weighted by molar-refractivity contribution is -0.0618. The third-order valence-electron chi connectivity index (χ3n) is 3.11. The number of amides is 1. The fourth-order valence-corrected chi connectivity index (χ4v) is 2.55. The maximum atomic E-state index is 10.5. The summed E-state index contributed by atoms with van der Waals surface area (Å²) in [6.07, 6.45) is 0.806. The van der Waals surface area contributed by atoms with Crippen LogP contribution in [0.4, 0.5) is 4.79 Å². The van der Waals surface area contributed by atoms with Crippen molar-refractivity contribution in [3.8, 4) is 0 Å². The van der Waals surface area contributed by atoms with Crippen LogP contribution in [0.3, 0.4) is 0 Å². The topological polar surface area (TPSA) is 73.1 Å². The molecule has 78 valence electrons. The molecule has 1 amide bonds. The number of likely N-dealkylation sites (tertiary alicyclic amines) is 1. The van der Waals surface area contributed by atoms with Gasteiger partial charge >= 0.3 is 6.09 Å². The first-order valence-corrected chi connectivity index (χ1v) is 4.79. The van der Waals surface area contributed by atoms with Crippen LogP contribution < -0.4 is 0 Å². The summed E-state index contributed by atoms with van der Waals surface area (Å²) in [5, 5.41) is 20.2. The highest BCUT2D eigenvalue weighted by molar-refractivity contribution is 6.65. The van der Waals surface area contributed by atoms with E-state index in [-0.39, 0.29) is 16.5 Å². The molecular weight excluding hydrogens is 208 g/mol. The Morgan fingerprint density at radius 1 is 1.50 bits per heavy atom. The summed E-state index contributed by atoms with van der Waals surface area (Å²) in [5.74, 6) is 0.123. The molecule has 14 heavy (non-hydrogen) atoms. The van der Waals surface area contributed by atoms with Crippen molar-refractivity contribution in [2.24, 2.45) is 16.5 Å². The molecule has 0 atom stereocenters. The Labute approximate surface area is 85.9 Å². The van der Waals surface area contributed by atoms with Gasteiger partial charge in [-0.25, -0.2) is 4.79 Å². The number of hydrogen-bond acceptors (Lipinski definition) is 3. The lowest BCUT2D eigenvalue weighted by Gasteiger charge is -2.57. The Morgan fingerprint density at radius 3 is 2.50 bits per heavy atom. The van der Waals surface area contributed by atoms with E-state index in [0.29, 0.717) is 13.1 Å². The van der Waals surface area contributed by atoms with Crippen LogP contribution in [-0.2, 0) is 0 Å². The maximum absolute atomic E-state index is 10.5. The Morgan fingerprint density at radius 2 is 2.07 bits per heavy atom. The molecule has 1 saturated heterocycles. The molecule has 1 saturated carbocycles. The molecule has 1 aliphatic heterocycles. The minimum absolute atomic E-state index is 0.119. The second kappa shape index (κ2) is 3.02. The quantitative estimate of drug-likeness (QED) is 0.397. The summed E-state index contributed by atoms with van der Waals surface area (Å²) in [5.41, 5.74) is 0.119. The molecule has 5 nitrogen and oxygen atoms in total. The van der Waals surface area contributed by atoms with Gasteiger partial charge in [-0.3, -0.25) is 0 Å². The molecule has 1 heterocycles. The van der Waals surface area contributed by atoms with E-state index in [0.717, 1.165) is 12.8 Å². The molecule has 6 heteroatoms. The molecule has 0 bridgehead atoms. The van der Waals surface area contributed by atoms with E-state index < -0.39 is 6.09 Å². The summed E-state index contributed by atoms with van der Waals surface area (Å²) in [4.78, 5) is 11.9. The van der Waals surface area contributed by atoms with Gasteiger partial charge in [0.1, 0.15) is 5.17 Å². The van der Waals surface area contributed by atoms with Gasteiger partial charge in [0, 0.05) is 24.4 Å². The van der Waals surface area contributed by atoms with Gasteiger partial charge < -0.3 is 15.2 Å². The Hall–Kier alpha value is -0.970.